The Hall–Kier alpha value is -1.93. The molecule has 1 aromatic carbocycles. The molecule has 2 rings (SSSR count). The lowest BCUT2D eigenvalue weighted by Crippen LogP contribution is -2.25. The summed E-state index contributed by atoms with van der Waals surface area (Å²) >= 11 is 0. The van der Waals surface area contributed by atoms with Crippen LogP contribution in [0, 0.1) is 13.8 Å². The predicted octanol–water partition coefficient (Wildman–Crippen LogP) is 0.976. The van der Waals surface area contributed by atoms with Crippen molar-refractivity contribution in [3.8, 4) is 0 Å². The van der Waals surface area contributed by atoms with E-state index >= 15 is 0 Å². The van der Waals surface area contributed by atoms with E-state index in [1.54, 1.807) is 17.0 Å². The van der Waals surface area contributed by atoms with Crippen molar-refractivity contribution in [1.29, 1.82) is 0 Å². The van der Waals surface area contributed by atoms with E-state index < -0.39 is 10.0 Å². The molecule has 8 heteroatoms. The second-order valence-electron chi connectivity index (χ2n) is 4.81. The molecule has 1 aromatic heterocycles. The molecule has 21 heavy (non-hydrogen) atoms. The van der Waals surface area contributed by atoms with Gasteiger partial charge in [-0.2, -0.15) is 0 Å². The van der Waals surface area contributed by atoms with Gasteiger partial charge in [-0.15, -0.1) is 10.2 Å². The van der Waals surface area contributed by atoms with Crippen LogP contribution in [0.15, 0.2) is 23.4 Å². The van der Waals surface area contributed by atoms with Crippen LogP contribution in [0.25, 0.3) is 0 Å². The molecule has 2 aromatic rings. The minimum Gasteiger partial charge on any atom is -0.398 e. The number of benzene rings is 1. The maximum Gasteiger partial charge on any atom is 0.241 e. The Kier molecular flexibility index (Phi) is 4.29. The summed E-state index contributed by atoms with van der Waals surface area (Å²) in [6, 6.07) is 3.08. The number of aromatic nitrogens is 3. The molecule has 0 aliphatic carbocycles. The summed E-state index contributed by atoms with van der Waals surface area (Å²) in [5.74, 6) is 0.567. The van der Waals surface area contributed by atoms with Crippen LogP contribution in [0.2, 0.25) is 0 Å². The van der Waals surface area contributed by atoms with Gasteiger partial charge in [-0.3, -0.25) is 0 Å². The van der Waals surface area contributed by atoms with Crippen LogP contribution < -0.4 is 10.5 Å². The van der Waals surface area contributed by atoms with Gasteiger partial charge >= 0.3 is 0 Å². The molecule has 0 fully saturated rings. The third-order valence-electron chi connectivity index (χ3n) is 3.45. The molecule has 0 saturated heterocycles. The van der Waals surface area contributed by atoms with Crippen LogP contribution in [-0.2, 0) is 23.1 Å². The minimum atomic E-state index is -3.63. The average Bonchev–Trinajstić information content (AvgIpc) is 2.89. The summed E-state index contributed by atoms with van der Waals surface area (Å²) in [6.45, 7) is 6.39. The number of nitrogens with zero attached hydrogens (tertiary/aromatic N) is 3. The number of anilines is 1. The van der Waals surface area contributed by atoms with E-state index in [0.717, 1.165) is 11.1 Å². The molecule has 7 nitrogen and oxygen atoms in total. The number of sulfonamides is 1. The zero-order valence-electron chi connectivity index (χ0n) is 12.3. The Morgan fingerprint density at radius 3 is 2.67 bits per heavy atom. The summed E-state index contributed by atoms with van der Waals surface area (Å²) in [6.07, 6.45) is 1.57. The number of nitrogens with two attached hydrogens (primary N) is 1. The van der Waals surface area contributed by atoms with Crippen molar-refractivity contribution in [3.63, 3.8) is 0 Å². The van der Waals surface area contributed by atoms with Crippen molar-refractivity contribution in [2.75, 3.05) is 5.73 Å². The van der Waals surface area contributed by atoms with E-state index in [0.29, 0.717) is 18.1 Å². The molecule has 0 spiro atoms. The Balaban J connectivity index is 2.23. The summed E-state index contributed by atoms with van der Waals surface area (Å²) in [7, 11) is -3.63. The maximum atomic E-state index is 12.3. The van der Waals surface area contributed by atoms with Crippen molar-refractivity contribution in [2.24, 2.45) is 0 Å². The molecule has 0 aliphatic heterocycles. The highest BCUT2D eigenvalue weighted by molar-refractivity contribution is 7.89. The average molecular weight is 309 g/mol. The molecule has 0 unspecified atom stereocenters. The standard InChI is InChI=1S/C13H19N5O2S/c1-4-18-8-15-17-13(18)7-16-21(19,20)11-5-9(2)10(3)12(14)6-11/h5-6,8,16H,4,7,14H2,1-3H3. The molecule has 0 radical (unpaired) electrons. The van der Waals surface area contributed by atoms with Gasteiger partial charge in [0.1, 0.15) is 12.2 Å². The van der Waals surface area contributed by atoms with Crippen molar-refractivity contribution in [1.82, 2.24) is 19.5 Å². The first kappa shape index (κ1) is 15.5. The van der Waals surface area contributed by atoms with E-state index in [2.05, 4.69) is 14.9 Å². The van der Waals surface area contributed by atoms with Crippen LogP contribution >= 0.6 is 0 Å². The Morgan fingerprint density at radius 2 is 2.05 bits per heavy atom. The quantitative estimate of drug-likeness (QED) is 0.801. The number of rotatable bonds is 5. The van der Waals surface area contributed by atoms with Gasteiger partial charge in [-0.05, 0) is 44.0 Å². The first-order valence-electron chi connectivity index (χ1n) is 6.58. The van der Waals surface area contributed by atoms with Crippen LogP contribution in [0.3, 0.4) is 0 Å². The van der Waals surface area contributed by atoms with Crippen molar-refractivity contribution in [3.05, 3.63) is 35.4 Å². The zero-order chi connectivity index (χ0) is 15.6. The highest BCUT2D eigenvalue weighted by Crippen LogP contribution is 2.21. The fraction of sp³-hybridized carbons (Fsp3) is 0.385. The van der Waals surface area contributed by atoms with Crippen LogP contribution in [0.4, 0.5) is 5.69 Å². The van der Waals surface area contributed by atoms with Gasteiger partial charge < -0.3 is 10.3 Å². The first-order valence-corrected chi connectivity index (χ1v) is 8.06. The van der Waals surface area contributed by atoms with Crippen LogP contribution in [0.1, 0.15) is 23.9 Å². The lowest BCUT2D eigenvalue weighted by molar-refractivity contribution is 0.575. The number of hydrogen-bond donors (Lipinski definition) is 2. The first-order chi connectivity index (χ1) is 9.85. The van der Waals surface area contributed by atoms with Gasteiger partial charge in [-0.1, -0.05) is 0 Å². The summed E-state index contributed by atoms with van der Waals surface area (Å²) < 4.78 is 28.9. The molecular weight excluding hydrogens is 290 g/mol. The third-order valence-corrected chi connectivity index (χ3v) is 4.83. The second-order valence-corrected chi connectivity index (χ2v) is 6.58. The molecule has 1 heterocycles. The van der Waals surface area contributed by atoms with E-state index in [1.807, 2.05) is 20.8 Å². The Morgan fingerprint density at radius 1 is 1.33 bits per heavy atom. The Labute approximate surface area is 124 Å². The topological polar surface area (TPSA) is 103 Å². The van der Waals surface area contributed by atoms with Crippen molar-refractivity contribution in [2.45, 2.75) is 38.8 Å². The molecule has 0 saturated carbocycles. The summed E-state index contributed by atoms with van der Waals surface area (Å²) in [4.78, 5) is 0.158. The minimum absolute atomic E-state index is 0.0863. The number of nitrogen functional groups attached to an aromatic ring is 1. The van der Waals surface area contributed by atoms with E-state index in [4.69, 9.17) is 5.73 Å². The largest absolute Gasteiger partial charge is 0.398 e. The molecule has 0 bridgehead atoms. The highest BCUT2D eigenvalue weighted by atomic mass is 32.2. The smallest absolute Gasteiger partial charge is 0.241 e. The Bertz CT molecular complexity index is 729. The predicted molar refractivity (Wildman–Crippen MR) is 80.0 cm³/mol. The second kappa shape index (κ2) is 5.82. The normalized spacial score (nSPS) is 11.8. The molecule has 0 aliphatic rings. The van der Waals surface area contributed by atoms with Gasteiger partial charge in [0, 0.05) is 12.2 Å². The number of hydrogen-bond acceptors (Lipinski definition) is 5. The van der Waals surface area contributed by atoms with Crippen molar-refractivity contribution >= 4 is 15.7 Å². The third kappa shape index (κ3) is 3.22. The summed E-state index contributed by atoms with van der Waals surface area (Å²) in [5.41, 5.74) is 8.03. The lowest BCUT2D eigenvalue weighted by atomic mass is 10.1. The molecule has 0 atom stereocenters. The SMILES string of the molecule is CCn1cnnc1CNS(=O)(=O)c1cc(C)c(C)c(N)c1. The van der Waals surface area contributed by atoms with E-state index in [1.165, 1.54) is 6.07 Å². The monoisotopic (exact) mass is 309 g/mol. The fourth-order valence-corrected chi connectivity index (χ4v) is 3.03. The molecule has 3 N–H and O–H groups in total. The van der Waals surface area contributed by atoms with E-state index in [-0.39, 0.29) is 11.4 Å². The molecule has 0 amide bonds. The van der Waals surface area contributed by atoms with Gasteiger partial charge in [0.2, 0.25) is 10.0 Å². The van der Waals surface area contributed by atoms with Gasteiger partial charge in [0.25, 0.3) is 0 Å². The maximum absolute atomic E-state index is 12.3. The van der Waals surface area contributed by atoms with Crippen LogP contribution in [0.5, 0.6) is 0 Å². The molecular formula is C13H19N5O2S. The number of aryl methyl sites for hydroxylation is 2. The van der Waals surface area contributed by atoms with Crippen LogP contribution in [-0.4, -0.2) is 23.2 Å². The van der Waals surface area contributed by atoms with Gasteiger partial charge in [0.15, 0.2) is 0 Å². The lowest BCUT2D eigenvalue weighted by Gasteiger charge is -2.11. The zero-order valence-corrected chi connectivity index (χ0v) is 13.1. The van der Waals surface area contributed by atoms with E-state index in [9.17, 15) is 8.42 Å². The number of nitrogens with one attached hydrogen (secondary N) is 1. The fourth-order valence-electron chi connectivity index (χ4n) is 1.93. The molecule has 114 valence electrons. The summed E-state index contributed by atoms with van der Waals surface area (Å²) in [5, 5.41) is 7.66. The van der Waals surface area contributed by atoms with Gasteiger partial charge in [-0.25, -0.2) is 13.1 Å². The highest BCUT2D eigenvalue weighted by Gasteiger charge is 2.17. The van der Waals surface area contributed by atoms with Gasteiger partial charge in [0.05, 0.1) is 11.4 Å². The van der Waals surface area contributed by atoms with Crippen molar-refractivity contribution < 1.29 is 8.42 Å².